The lowest BCUT2D eigenvalue weighted by Crippen LogP contribution is -2.42. The Kier molecular flexibility index (Phi) is 4.78. The highest BCUT2D eigenvalue weighted by molar-refractivity contribution is 5.63. The monoisotopic (exact) mass is 307 g/mol. The van der Waals surface area contributed by atoms with Crippen molar-refractivity contribution in [2.75, 3.05) is 13.1 Å². The summed E-state index contributed by atoms with van der Waals surface area (Å²) in [4.78, 5) is 13.1. The van der Waals surface area contributed by atoms with Crippen molar-refractivity contribution in [1.29, 1.82) is 0 Å². The van der Waals surface area contributed by atoms with Crippen LogP contribution in [-0.4, -0.2) is 34.1 Å². The number of hydrogen-bond donors (Lipinski definition) is 2. The lowest BCUT2D eigenvalue weighted by atomic mass is 10.1. The van der Waals surface area contributed by atoms with Crippen molar-refractivity contribution in [2.24, 2.45) is 0 Å². The SMILES string of the molecule is C=Cc1cncc(-c2ncc(C(=C)NC3CCCNC3)cn2)c1. The molecule has 1 aliphatic heterocycles. The Balaban J connectivity index is 1.70. The predicted molar refractivity (Wildman–Crippen MR) is 93.4 cm³/mol. The predicted octanol–water partition coefficient (Wildman–Crippen LogP) is 2.49. The van der Waals surface area contributed by atoms with E-state index in [1.807, 2.05) is 6.07 Å². The summed E-state index contributed by atoms with van der Waals surface area (Å²) in [5, 5.41) is 6.83. The van der Waals surface area contributed by atoms with E-state index in [0.717, 1.165) is 41.9 Å². The van der Waals surface area contributed by atoms with Crippen molar-refractivity contribution in [3.8, 4) is 11.4 Å². The summed E-state index contributed by atoms with van der Waals surface area (Å²) in [5.74, 6) is 0.650. The summed E-state index contributed by atoms with van der Waals surface area (Å²) >= 11 is 0. The summed E-state index contributed by atoms with van der Waals surface area (Å²) < 4.78 is 0. The molecule has 1 saturated heterocycles. The van der Waals surface area contributed by atoms with Crippen LogP contribution in [0.1, 0.15) is 24.0 Å². The molecule has 2 aromatic rings. The molecule has 1 unspecified atom stereocenters. The van der Waals surface area contributed by atoms with Gasteiger partial charge in [0.25, 0.3) is 0 Å². The van der Waals surface area contributed by atoms with Gasteiger partial charge in [0.15, 0.2) is 5.82 Å². The first-order valence-corrected chi connectivity index (χ1v) is 7.82. The van der Waals surface area contributed by atoms with Crippen LogP contribution in [0.5, 0.6) is 0 Å². The second-order valence-corrected chi connectivity index (χ2v) is 5.67. The van der Waals surface area contributed by atoms with Crippen LogP contribution in [0.4, 0.5) is 0 Å². The van der Waals surface area contributed by atoms with Crippen LogP contribution in [-0.2, 0) is 0 Å². The molecule has 0 aromatic carbocycles. The highest BCUT2D eigenvalue weighted by Gasteiger charge is 2.14. The fourth-order valence-electron chi connectivity index (χ4n) is 2.63. The molecule has 5 nitrogen and oxygen atoms in total. The number of aromatic nitrogens is 3. The number of rotatable bonds is 5. The summed E-state index contributed by atoms with van der Waals surface area (Å²) in [6.07, 6.45) is 11.2. The van der Waals surface area contributed by atoms with Crippen molar-refractivity contribution in [2.45, 2.75) is 18.9 Å². The summed E-state index contributed by atoms with van der Waals surface area (Å²) in [6.45, 7) is 9.92. The standard InChI is InChI=1S/C18H21N5/c1-3-14-7-15(9-20-8-14)18-21-10-16(11-22-18)13(2)23-17-5-4-6-19-12-17/h3,7-11,17,19,23H,1-2,4-6,12H2. The molecule has 1 aliphatic rings. The second-order valence-electron chi connectivity index (χ2n) is 5.67. The van der Waals surface area contributed by atoms with Crippen LogP contribution < -0.4 is 10.6 Å². The zero-order valence-corrected chi connectivity index (χ0v) is 13.1. The van der Waals surface area contributed by atoms with Gasteiger partial charge < -0.3 is 10.6 Å². The Morgan fingerprint density at radius 1 is 1.26 bits per heavy atom. The third-order valence-electron chi connectivity index (χ3n) is 3.93. The van der Waals surface area contributed by atoms with Crippen molar-refractivity contribution >= 4 is 11.8 Å². The van der Waals surface area contributed by atoms with E-state index >= 15 is 0 Å². The second kappa shape index (κ2) is 7.15. The fourth-order valence-corrected chi connectivity index (χ4v) is 2.63. The van der Waals surface area contributed by atoms with E-state index < -0.39 is 0 Å². The van der Waals surface area contributed by atoms with Gasteiger partial charge in [-0.15, -0.1) is 0 Å². The number of nitrogens with zero attached hydrogens (tertiary/aromatic N) is 3. The van der Waals surface area contributed by atoms with Gasteiger partial charge in [-0.1, -0.05) is 19.2 Å². The van der Waals surface area contributed by atoms with E-state index in [1.54, 1.807) is 30.9 Å². The molecule has 3 rings (SSSR count). The number of piperidine rings is 1. The molecular formula is C18H21N5. The van der Waals surface area contributed by atoms with E-state index in [1.165, 1.54) is 6.42 Å². The first-order valence-electron chi connectivity index (χ1n) is 7.82. The van der Waals surface area contributed by atoms with E-state index in [2.05, 4.69) is 38.7 Å². The average molecular weight is 307 g/mol. The molecule has 118 valence electrons. The maximum absolute atomic E-state index is 4.44. The quantitative estimate of drug-likeness (QED) is 0.888. The highest BCUT2D eigenvalue weighted by Crippen LogP contribution is 2.17. The third-order valence-corrected chi connectivity index (χ3v) is 3.93. The van der Waals surface area contributed by atoms with Crippen LogP contribution in [0.15, 0.2) is 44.0 Å². The molecule has 3 heterocycles. The maximum atomic E-state index is 4.44. The molecule has 23 heavy (non-hydrogen) atoms. The Hall–Kier alpha value is -2.53. The molecular weight excluding hydrogens is 286 g/mol. The molecule has 1 fully saturated rings. The van der Waals surface area contributed by atoms with Crippen molar-refractivity contribution in [3.63, 3.8) is 0 Å². The van der Waals surface area contributed by atoms with Gasteiger partial charge in [0.05, 0.1) is 0 Å². The minimum absolute atomic E-state index is 0.421. The third kappa shape index (κ3) is 3.81. The van der Waals surface area contributed by atoms with Crippen LogP contribution in [0, 0.1) is 0 Å². The van der Waals surface area contributed by atoms with E-state index in [9.17, 15) is 0 Å². The molecule has 0 radical (unpaired) electrons. The molecule has 2 N–H and O–H groups in total. The van der Waals surface area contributed by atoms with Crippen LogP contribution >= 0.6 is 0 Å². The van der Waals surface area contributed by atoms with Gasteiger partial charge in [-0.2, -0.15) is 0 Å². The maximum Gasteiger partial charge on any atom is 0.160 e. The molecule has 0 spiro atoms. The largest absolute Gasteiger partial charge is 0.381 e. The van der Waals surface area contributed by atoms with Gasteiger partial charge in [-0.3, -0.25) is 4.98 Å². The Morgan fingerprint density at radius 2 is 2.09 bits per heavy atom. The molecule has 2 aromatic heterocycles. The molecule has 5 heteroatoms. The van der Waals surface area contributed by atoms with Crippen LogP contribution in [0.2, 0.25) is 0 Å². The van der Waals surface area contributed by atoms with Gasteiger partial charge in [0.2, 0.25) is 0 Å². The molecule has 1 atom stereocenters. The molecule has 0 bridgehead atoms. The number of nitrogens with one attached hydrogen (secondary N) is 2. The molecule has 0 amide bonds. The zero-order chi connectivity index (χ0) is 16.1. The van der Waals surface area contributed by atoms with Crippen LogP contribution in [0.25, 0.3) is 23.2 Å². The van der Waals surface area contributed by atoms with Gasteiger partial charge in [0.1, 0.15) is 0 Å². The minimum Gasteiger partial charge on any atom is -0.381 e. The lowest BCUT2D eigenvalue weighted by Gasteiger charge is -2.25. The summed E-state index contributed by atoms with van der Waals surface area (Å²) in [7, 11) is 0. The zero-order valence-electron chi connectivity index (χ0n) is 13.1. The van der Waals surface area contributed by atoms with Crippen LogP contribution in [0.3, 0.4) is 0 Å². The Labute approximate surface area is 136 Å². The average Bonchev–Trinajstić information content (AvgIpc) is 2.63. The van der Waals surface area contributed by atoms with Gasteiger partial charge >= 0.3 is 0 Å². The van der Waals surface area contributed by atoms with Gasteiger partial charge in [-0.25, -0.2) is 9.97 Å². The normalized spacial score (nSPS) is 17.5. The van der Waals surface area contributed by atoms with E-state index in [-0.39, 0.29) is 0 Å². The van der Waals surface area contributed by atoms with Gasteiger partial charge in [0, 0.05) is 54.2 Å². The first kappa shape index (κ1) is 15.4. The van der Waals surface area contributed by atoms with E-state index in [4.69, 9.17) is 0 Å². The summed E-state index contributed by atoms with van der Waals surface area (Å²) in [6, 6.07) is 2.39. The lowest BCUT2D eigenvalue weighted by molar-refractivity contribution is 0.427. The molecule has 0 aliphatic carbocycles. The van der Waals surface area contributed by atoms with Crippen molar-refractivity contribution in [3.05, 3.63) is 55.1 Å². The fraction of sp³-hybridized carbons (Fsp3) is 0.278. The minimum atomic E-state index is 0.421. The Bertz CT molecular complexity index is 687. The van der Waals surface area contributed by atoms with Gasteiger partial charge in [-0.05, 0) is 31.0 Å². The van der Waals surface area contributed by atoms with Crippen molar-refractivity contribution in [1.82, 2.24) is 25.6 Å². The Morgan fingerprint density at radius 3 is 2.78 bits per heavy atom. The van der Waals surface area contributed by atoms with Crippen molar-refractivity contribution < 1.29 is 0 Å². The highest BCUT2D eigenvalue weighted by atomic mass is 15.0. The summed E-state index contributed by atoms with van der Waals surface area (Å²) in [5.41, 5.74) is 3.60. The van der Waals surface area contributed by atoms with E-state index in [0.29, 0.717) is 11.9 Å². The first-order chi connectivity index (χ1) is 11.3. The molecule has 0 saturated carbocycles. The topological polar surface area (TPSA) is 62.7 Å². The number of hydrogen-bond acceptors (Lipinski definition) is 5. The smallest absolute Gasteiger partial charge is 0.160 e. The number of pyridine rings is 1.